The Morgan fingerprint density at radius 3 is 2.64 bits per heavy atom. The standard InChI is InChI=1S/C23H26N4O/c1-28-19-11-9-18(10-12-19)22-17-27-21-8-3-2-7-20(21)24-23(27)26(22)16-6-15-25-13-4-5-14-25/h2-3,7-12,17H,4-6,13-16H2,1H3/p+2. The number of methoxy groups -OCH3 is 1. The lowest BCUT2D eigenvalue weighted by atomic mass is 10.1. The summed E-state index contributed by atoms with van der Waals surface area (Å²) in [6.45, 7) is 4.96. The van der Waals surface area contributed by atoms with Crippen molar-refractivity contribution in [3.8, 4) is 17.0 Å². The van der Waals surface area contributed by atoms with Gasteiger partial charge in [-0.15, -0.1) is 0 Å². The number of hydrogen-bond donors (Lipinski definition) is 2. The summed E-state index contributed by atoms with van der Waals surface area (Å²) in [5, 5.41) is 0. The molecule has 5 heteroatoms. The zero-order chi connectivity index (χ0) is 18.9. The van der Waals surface area contributed by atoms with E-state index in [4.69, 9.17) is 4.74 Å². The predicted octanol–water partition coefficient (Wildman–Crippen LogP) is 2.45. The first-order chi connectivity index (χ1) is 13.8. The quantitative estimate of drug-likeness (QED) is 0.499. The molecule has 1 saturated heterocycles. The lowest BCUT2D eigenvalue weighted by Crippen LogP contribution is -3.10. The molecule has 2 aromatic heterocycles. The summed E-state index contributed by atoms with van der Waals surface area (Å²) in [6.07, 6.45) is 6.23. The number of aryl methyl sites for hydroxylation is 1. The second-order valence-electron chi connectivity index (χ2n) is 7.79. The number of H-pyrrole nitrogens is 1. The van der Waals surface area contributed by atoms with Crippen LogP contribution in [0.15, 0.2) is 54.7 Å². The molecule has 0 saturated carbocycles. The van der Waals surface area contributed by atoms with E-state index in [9.17, 15) is 0 Å². The Hall–Kier alpha value is -2.79. The van der Waals surface area contributed by atoms with Gasteiger partial charge >= 0.3 is 5.78 Å². The van der Waals surface area contributed by atoms with Crippen LogP contribution in [0.3, 0.4) is 0 Å². The Bertz CT molecular complexity index is 1090. The maximum Gasteiger partial charge on any atom is 0.368 e. The molecule has 3 heterocycles. The Morgan fingerprint density at radius 1 is 1.07 bits per heavy atom. The smallest absolute Gasteiger partial charge is 0.368 e. The number of aromatic amines is 1. The van der Waals surface area contributed by atoms with Gasteiger partial charge in [0.1, 0.15) is 28.7 Å². The van der Waals surface area contributed by atoms with E-state index in [1.807, 2.05) is 12.1 Å². The van der Waals surface area contributed by atoms with Gasteiger partial charge < -0.3 is 9.64 Å². The minimum atomic E-state index is 0.892. The second kappa shape index (κ2) is 7.32. The lowest BCUT2D eigenvalue weighted by molar-refractivity contribution is -0.887. The number of fused-ring (bicyclic) bond motifs is 3. The molecule has 1 fully saturated rings. The summed E-state index contributed by atoms with van der Waals surface area (Å²) in [5.74, 6) is 2.05. The Labute approximate surface area is 165 Å². The highest BCUT2D eigenvalue weighted by molar-refractivity contribution is 5.74. The summed E-state index contributed by atoms with van der Waals surface area (Å²) in [4.78, 5) is 5.39. The number of para-hydroxylation sites is 2. The summed E-state index contributed by atoms with van der Waals surface area (Å²) in [5.41, 5.74) is 4.86. The van der Waals surface area contributed by atoms with Gasteiger partial charge in [-0.05, 0) is 36.4 Å². The molecule has 5 nitrogen and oxygen atoms in total. The molecule has 0 atom stereocenters. The fraction of sp³-hybridized carbons (Fsp3) is 0.348. The predicted molar refractivity (Wildman–Crippen MR) is 111 cm³/mol. The minimum absolute atomic E-state index is 0.892. The molecule has 0 unspecified atom stereocenters. The van der Waals surface area contributed by atoms with Gasteiger partial charge in [0.2, 0.25) is 0 Å². The lowest BCUT2D eigenvalue weighted by Gasteiger charge is -2.11. The van der Waals surface area contributed by atoms with Gasteiger partial charge in [0.15, 0.2) is 0 Å². The van der Waals surface area contributed by atoms with Crippen molar-refractivity contribution in [3.05, 3.63) is 54.7 Å². The molecule has 2 N–H and O–H groups in total. The van der Waals surface area contributed by atoms with E-state index in [1.54, 1.807) is 12.0 Å². The molecule has 0 bridgehead atoms. The van der Waals surface area contributed by atoms with Gasteiger partial charge in [0, 0.05) is 24.8 Å². The van der Waals surface area contributed by atoms with Crippen molar-refractivity contribution < 1.29 is 14.0 Å². The number of quaternary nitrogens is 1. The van der Waals surface area contributed by atoms with E-state index in [-0.39, 0.29) is 0 Å². The molecule has 1 aliphatic rings. The Kier molecular flexibility index (Phi) is 4.53. The zero-order valence-electron chi connectivity index (χ0n) is 16.4. The van der Waals surface area contributed by atoms with Crippen LogP contribution in [-0.2, 0) is 6.54 Å². The zero-order valence-corrected chi connectivity index (χ0v) is 16.4. The van der Waals surface area contributed by atoms with Crippen molar-refractivity contribution in [2.45, 2.75) is 25.8 Å². The first kappa shape index (κ1) is 17.3. The SMILES string of the molecule is COc1ccc(-c2c[n+]3c4ccccc4[nH]c3n2CCC[NH+]2CCCC2)cc1. The molecule has 5 rings (SSSR count). The first-order valence-electron chi connectivity index (χ1n) is 10.3. The van der Waals surface area contributed by atoms with Crippen LogP contribution >= 0.6 is 0 Å². The van der Waals surface area contributed by atoms with Crippen LogP contribution in [0.2, 0.25) is 0 Å². The Balaban J connectivity index is 1.54. The third-order valence-electron chi connectivity index (χ3n) is 6.04. The molecule has 144 valence electrons. The monoisotopic (exact) mass is 376 g/mol. The number of aromatic nitrogens is 3. The van der Waals surface area contributed by atoms with Crippen molar-refractivity contribution in [1.29, 1.82) is 0 Å². The number of nitrogens with one attached hydrogen (secondary N) is 2. The van der Waals surface area contributed by atoms with Gasteiger partial charge in [0.05, 0.1) is 33.3 Å². The van der Waals surface area contributed by atoms with Crippen LogP contribution in [0.4, 0.5) is 0 Å². The summed E-state index contributed by atoms with van der Waals surface area (Å²) in [6, 6.07) is 16.9. The molecule has 0 amide bonds. The average molecular weight is 377 g/mol. The van der Waals surface area contributed by atoms with Crippen molar-refractivity contribution >= 4 is 16.8 Å². The average Bonchev–Trinajstić information content (AvgIpc) is 3.45. The molecule has 28 heavy (non-hydrogen) atoms. The molecule has 2 aromatic carbocycles. The molecule has 4 aromatic rings. The number of ether oxygens (including phenoxy) is 1. The van der Waals surface area contributed by atoms with E-state index in [0.717, 1.165) is 18.1 Å². The molecule has 0 radical (unpaired) electrons. The van der Waals surface area contributed by atoms with Crippen LogP contribution < -0.4 is 14.0 Å². The summed E-state index contributed by atoms with van der Waals surface area (Å²) < 4.78 is 10.1. The minimum Gasteiger partial charge on any atom is -0.497 e. The van der Waals surface area contributed by atoms with Gasteiger partial charge in [0.25, 0.3) is 0 Å². The molecular formula is C23H28N4O+2. The van der Waals surface area contributed by atoms with Crippen LogP contribution in [-0.4, -0.2) is 36.3 Å². The van der Waals surface area contributed by atoms with Crippen LogP contribution in [0.1, 0.15) is 19.3 Å². The Morgan fingerprint density at radius 2 is 1.86 bits per heavy atom. The number of hydrogen-bond acceptors (Lipinski definition) is 1. The molecule has 1 aliphatic heterocycles. The number of nitrogens with zero attached hydrogens (tertiary/aromatic N) is 2. The van der Waals surface area contributed by atoms with Crippen molar-refractivity contribution in [3.63, 3.8) is 0 Å². The van der Waals surface area contributed by atoms with Crippen LogP contribution in [0.25, 0.3) is 28.1 Å². The maximum atomic E-state index is 5.34. The maximum absolute atomic E-state index is 5.34. The molecular weight excluding hydrogens is 348 g/mol. The second-order valence-corrected chi connectivity index (χ2v) is 7.79. The number of rotatable bonds is 6. The highest BCUT2D eigenvalue weighted by atomic mass is 16.5. The third kappa shape index (κ3) is 3.06. The fourth-order valence-electron chi connectivity index (χ4n) is 4.55. The first-order valence-corrected chi connectivity index (χ1v) is 10.3. The topological polar surface area (TPSA) is 38.5 Å². The van der Waals surface area contributed by atoms with E-state index in [2.05, 4.69) is 56.5 Å². The molecule has 0 spiro atoms. The fourth-order valence-corrected chi connectivity index (χ4v) is 4.55. The molecule has 0 aliphatic carbocycles. The number of benzene rings is 2. The highest BCUT2D eigenvalue weighted by Gasteiger charge is 2.23. The number of likely N-dealkylation sites (tertiary alicyclic amines) is 1. The van der Waals surface area contributed by atoms with E-state index in [1.165, 1.54) is 61.2 Å². The third-order valence-corrected chi connectivity index (χ3v) is 6.04. The van der Waals surface area contributed by atoms with Crippen LogP contribution in [0.5, 0.6) is 5.75 Å². The van der Waals surface area contributed by atoms with Crippen molar-refractivity contribution in [2.75, 3.05) is 26.7 Å². The van der Waals surface area contributed by atoms with Crippen molar-refractivity contribution in [2.24, 2.45) is 0 Å². The van der Waals surface area contributed by atoms with Crippen molar-refractivity contribution in [1.82, 2.24) is 9.55 Å². The van der Waals surface area contributed by atoms with Gasteiger partial charge in [-0.25, -0.2) is 9.55 Å². The summed E-state index contributed by atoms with van der Waals surface area (Å²) in [7, 11) is 1.71. The number of imidazole rings is 2. The van der Waals surface area contributed by atoms with Gasteiger partial charge in [-0.3, -0.25) is 0 Å². The normalized spacial score (nSPS) is 15.0. The highest BCUT2D eigenvalue weighted by Crippen LogP contribution is 2.25. The van der Waals surface area contributed by atoms with E-state index < -0.39 is 0 Å². The van der Waals surface area contributed by atoms with E-state index in [0.29, 0.717) is 0 Å². The van der Waals surface area contributed by atoms with Gasteiger partial charge in [-0.2, -0.15) is 4.40 Å². The van der Waals surface area contributed by atoms with Gasteiger partial charge in [-0.1, -0.05) is 12.1 Å². The van der Waals surface area contributed by atoms with Crippen LogP contribution in [0, 0.1) is 0 Å². The largest absolute Gasteiger partial charge is 0.497 e. The van der Waals surface area contributed by atoms with E-state index >= 15 is 0 Å². The summed E-state index contributed by atoms with van der Waals surface area (Å²) >= 11 is 0.